The predicted octanol–water partition coefficient (Wildman–Crippen LogP) is -4.64. The largest absolute Gasteiger partial charge is 0.506 e. The van der Waals surface area contributed by atoms with Crippen molar-refractivity contribution in [3.05, 3.63) is 56.6 Å². The quantitative estimate of drug-likeness (QED) is 0.0912. The zero-order valence-corrected chi connectivity index (χ0v) is 24.1. The first-order chi connectivity index (χ1) is 21.6. The number of amides is 2. The van der Waals surface area contributed by atoms with E-state index in [9.17, 15) is 59.4 Å². The van der Waals surface area contributed by atoms with E-state index in [1.165, 1.54) is 19.1 Å². The number of carboxylic acids is 2. The highest BCUT2D eigenvalue weighted by atomic mass is 16.6. The van der Waals surface area contributed by atoms with Crippen molar-refractivity contribution in [3.63, 3.8) is 0 Å². The number of aliphatic hydroxyl groups is 4. The number of hydrogen-bond donors (Lipinski definition) is 11. The van der Waals surface area contributed by atoms with Gasteiger partial charge in [-0.05, 0) is 18.6 Å². The average molecular weight is 655 g/mol. The second-order valence-electron chi connectivity index (χ2n) is 10.5. The summed E-state index contributed by atoms with van der Waals surface area (Å²) < 4.78 is 6.21. The number of aliphatic carboxylic acids is 2. The zero-order valence-electron chi connectivity index (χ0n) is 24.1. The van der Waals surface area contributed by atoms with Crippen molar-refractivity contribution in [3.8, 4) is 5.75 Å². The van der Waals surface area contributed by atoms with Crippen molar-refractivity contribution in [1.82, 2.24) is 25.2 Å². The van der Waals surface area contributed by atoms with E-state index in [1.54, 1.807) is 0 Å². The molecule has 20 heteroatoms. The first kappa shape index (κ1) is 35.7. The van der Waals surface area contributed by atoms with Crippen LogP contribution >= 0.6 is 0 Å². The molecule has 9 atom stereocenters. The summed E-state index contributed by atoms with van der Waals surface area (Å²) in [6.07, 6.45) is -8.63. The topological polar surface area (TPSA) is 337 Å². The van der Waals surface area contributed by atoms with Gasteiger partial charge < -0.3 is 56.8 Å². The van der Waals surface area contributed by atoms with Gasteiger partial charge in [0.2, 0.25) is 11.8 Å². The van der Waals surface area contributed by atoms with Gasteiger partial charge in [-0.25, -0.2) is 9.59 Å². The molecule has 0 aromatic carbocycles. The number of carbonyl (C=O) groups is 4. The summed E-state index contributed by atoms with van der Waals surface area (Å²) in [4.78, 5) is 79.6. The first-order valence-corrected chi connectivity index (χ1v) is 13.7. The lowest BCUT2D eigenvalue weighted by Gasteiger charge is -2.30. The summed E-state index contributed by atoms with van der Waals surface area (Å²) in [6, 6.07) is -2.95. The highest BCUT2D eigenvalue weighted by Gasteiger charge is 2.51. The molecule has 1 aliphatic rings. The van der Waals surface area contributed by atoms with E-state index in [4.69, 9.17) is 15.6 Å². The van der Waals surface area contributed by atoms with Crippen molar-refractivity contribution in [1.29, 1.82) is 0 Å². The fourth-order valence-electron chi connectivity index (χ4n) is 4.63. The van der Waals surface area contributed by atoms with Crippen LogP contribution in [0.25, 0.3) is 0 Å². The lowest BCUT2D eigenvalue weighted by Crippen LogP contribution is -2.61. The normalized spacial score (nSPS) is 22.7. The highest BCUT2D eigenvalue weighted by Crippen LogP contribution is 2.31. The highest BCUT2D eigenvalue weighted by molar-refractivity contribution is 5.92. The molecule has 2 amide bonds. The van der Waals surface area contributed by atoms with Crippen LogP contribution in [0.4, 0.5) is 0 Å². The number of ether oxygens (including phenoxy) is 1. The molecule has 0 saturated carbocycles. The summed E-state index contributed by atoms with van der Waals surface area (Å²) in [7, 11) is 0. The number of aromatic hydroxyl groups is 1. The third-order valence-electron chi connectivity index (χ3n) is 7.37. The second-order valence-corrected chi connectivity index (χ2v) is 10.5. The Kier molecular flexibility index (Phi) is 11.7. The SMILES string of the molecule is C[C@@H]([C@H](N)C(=O)N[C@H](C(=O)N[C@@H](CCC(=O)O)C(=O)O)[C@H]1O[C@@H](n2cc(CO)c(=O)[nH]c2=O)[C@H](O)[C@@H]1O)[C@H](O)c1ccc(O)cn1. The Morgan fingerprint density at radius 2 is 1.78 bits per heavy atom. The predicted molar refractivity (Wildman–Crippen MR) is 150 cm³/mol. The number of nitrogens with zero attached hydrogens (tertiary/aromatic N) is 2. The van der Waals surface area contributed by atoms with E-state index >= 15 is 0 Å². The van der Waals surface area contributed by atoms with E-state index in [1.807, 2.05) is 10.3 Å². The third kappa shape index (κ3) is 8.10. The van der Waals surface area contributed by atoms with E-state index in [0.717, 1.165) is 12.4 Å². The Morgan fingerprint density at radius 1 is 1.11 bits per heavy atom. The Labute approximate surface area is 258 Å². The molecule has 0 bridgehead atoms. The van der Waals surface area contributed by atoms with Crippen LogP contribution in [0, 0.1) is 5.92 Å². The van der Waals surface area contributed by atoms with Gasteiger partial charge in [-0.1, -0.05) is 6.92 Å². The van der Waals surface area contributed by atoms with Gasteiger partial charge in [0.25, 0.3) is 5.56 Å². The van der Waals surface area contributed by atoms with Crippen molar-refractivity contribution in [2.24, 2.45) is 11.7 Å². The molecule has 12 N–H and O–H groups in total. The van der Waals surface area contributed by atoms with Gasteiger partial charge in [0.05, 0.1) is 30.1 Å². The van der Waals surface area contributed by atoms with Crippen LogP contribution in [0.15, 0.2) is 34.1 Å². The van der Waals surface area contributed by atoms with Gasteiger partial charge in [0.1, 0.15) is 42.2 Å². The Balaban J connectivity index is 1.94. The Bertz CT molecular complexity index is 1540. The Hall–Kier alpha value is -4.73. The number of aliphatic hydroxyl groups excluding tert-OH is 4. The van der Waals surface area contributed by atoms with Crippen LogP contribution in [0.2, 0.25) is 0 Å². The van der Waals surface area contributed by atoms with Gasteiger partial charge in [-0.3, -0.25) is 33.7 Å². The number of carboxylic acid groups (broad SMARTS) is 2. The van der Waals surface area contributed by atoms with Crippen LogP contribution in [0.1, 0.15) is 43.4 Å². The molecule has 3 rings (SSSR count). The van der Waals surface area contributed by atoms with Gasteiger partial charge >= 0.3 is 17.6 Å². The minimum atomic E-state index is -2.06. The number of hydrogen-bond acceptors (Lipinski definition) is 14. The second kappa shape index (κ2) is 15.0. The third-order valence-corrected chi connectivity index (χ3v) is 7.37. The van der Waals surface area contributed by atoms with Crippen LogP contribution < -0.4 is 27.6 Å². The van der Waals surface area contributed by atoms with Crippen molar-refractivity contribution in [2.75, 3.05) is 0 Å². The molecule has 1 aliphatic heterocycles. The van der Waals surface area contributed by atoms with Gasteiger partial charge in [-0.2, -0.15) is 0 Å². The lowest BCUT2D eigenvalue weighted by atomic mass is 9.92. The maximum absolute atomic E-state index is 13.4. The maximum Gasteiger partial charge on any atom is 0.330 e. The molecule has 1 fully saturated rings. The molecule has 252 valence electrons. The molecule has 0 spiro atoms. The van der Waals surface area contributed by atoms with Gasteiger partial charge in [0, 0.05) is 18.5 Å². The minimum Gasteiger partial charge on any atom is -0.506 e. The van der Waals surface area contributed by atoms with E-state index in [0.29, 0.717) is 4.57 Å². The average Bonchev–Trinajstić information content (AvgIpc) is 3.29. The van der Waals surface area contributed by atoms with Crippen molar-refractivity contribution in [2.45, 2.75) is 75.1 Å². The molecule has 1 saturated heterocycles. The molecule has 0 unspecified atom stereocenters. The molecule has 20 nitrogen and oxygen atoms in total. The lowest BCUT2D eigenvalue weighted by molar-refractivity contribution is -0.145. The first-order valence-electron chi connectivity index (χ1n) is 13.7. The van der Waals surface area contributed by atoms with Crippen LogP contribution in [-0.4, -0.2) is 110 Å². The standard InChI is InChI=1S/C26H34N6O14/c1-9(17(37)12-3-2-11(34)6-28-12)15(27)22(41)30-16(23(42)29-13(25(43)44)4-5-14(35)36)20-18(38)19(39)24(46-20)32-7-10(8-33)21(40)31-26(32)45/h2-3,6-7,9,13,15-20,24,33-34,37-39H,4-5,8,27H2,1H3,(H,29,42)(H,30,41)(H,35,36)(H,43,44)(H,31,40,45)/t9-,13-,15-,16-,17-,18-,19+,20+,24+/m0/s1. The zero-order chi connectivity index (χ0) is 34.5. The summed E-state index contributed by atoms with van der Waals surface area (Å²) in [6.45, 7) is 0.521. The van der Waals surface area contributed by atoms with E-state index < -0.39 is 109 Å². The number of nitrogens with two attached hydrogens (primary N) is 1. The van der Waals surface area contributed by atoms with E-state index in [-0.39, 0.29) is 17.0 Å². The number of aromatic nitrogens is 3. The van der Waals surface area contributed by atoms with Gasteiger partial charge in [0.15, 0.2) is 6.23 Å². The number of nitrogens with one attached hydrogen (secondary N) is 3. The Morgan fingerprint density at radius 3 is 2.35 bits per heavy atom. The summed E-state index contributed by atoms with van der Waals surface area (Å²) in [5.74, 6) is -6.78. The monoisotopic (exact) mass is 654 g/mol. The number of aromatic amines is 1. The molecule has 2 aromatic rings. The summed E-state index contributed by atoms with van der Waals surface area (Å²) in [5, 5.41) is 73.9. The smallest absolute Gasteiger partial charge is 0.330 e. The van der Waals surface area contributed by atoms with E-state index in [2.05, 4.69) is 10.3 Å². The molecule has 0 aliphatic carbocycles. The van der Waals surface area contributed by atoms with Crippen LogP contribution in [-0.2, 0) is 30.5 Å². The fourth-order valence-corrected chi connectivity index (χ4v) is 4.63. The van der Waals surface area contributed by atoms with Crippen molar-refractivity contribution < 1.29 is 59.7 Å². The molecule has 0 radical (unpaired) electrons. The molecular weight excluding hydrogens is 620 g/mol. The molecule has 46 heavy (non-hydrogen) atoms. The number of pyridine rings is 1. The van der Waals surface area contributed by atoms with Crippen molar-refractivity contribution >= 4 is 23.8 Å². The maximum atomic E-state index is 13.4. The molecule has 3 heterocycles. The number of carbonyl (C=O) groups excluding carboxylic acids is 2. The van der Waals surface area contributed by atoms with Gasteiger partial charge in [-0.15, -0.1) is 0 Å². The summed E-state index contributed by atoms with van der Waals surface area (Å²) in [5.41, 5.74) is 3.66. The number of rotatable bonds is 14. The van der Waals surface area contributed by atoms with Crippen LogP contribution in [0.5, 0.6) is 5.75 Å². The molecular formula is C26H34N6O14. The fraction of sp³-hybridized carbons (Fsp3) is 0.500. The van der Waals surface area contributed by atoms with Crippen LogP contribution in [0.3, 0.4) is 0 Å². The summed E-state index contributed by atoms with van der Waals surface area (Å²) >= 11 is 0. The minimum absolute atomic E-state index is 0.0275. The molecule has 2 aromatic heterocycles. The number of H-pyrrole nitrogens is 1.